The van der Waals surface area contributed by atoms with Crippen LogP contribution in [0.4, 0.5) is 0 Å². The average Bonchev–Trinajstić information content (AvgIpc) is 2.82. The molecule has 1 fully saturated rings. The number of sulfone groups is 1. The number of benzene rings is 2. The predicted molar refractivity (Wildman–Crippen MR) is 128 cm³/mol. The first kappa shape index (κ1) is 24.1. The van der Waals surface area contributed by atoms with Gasteiger partial charge in [0.1, 0.15) is 12.4 Å². The summed E-state index contributed by atoms with van der Waals surface area (Å²) >= 11 is 0. The number of hydrogen-bond donors (Lipinski definition) is 2. The Bertz CT molecular complexity index is 1280. The van der Waals surface area contributed by atoms with E-state index in [0.717, 1.165) is 22.2 Å². The van der Waals surface area contributed by atoms with Crippen molar-refractivity contribution >= 4 is 26.6 Å². The summed E-state index contributed by atoms with van der Waals surface area (Å²) in [6.45, 7) is 3.42. The number of piperidine rings is 1. The SMILES string of the molecule is Cc1cc(COc2ccc(S(=O)(=O)C[C@H]3CN(C)CC[C@@H]3C(=O)NO)cc2)c2ccccc2n1. The number of nitrogens with zero attached hydrogens (tertiary/aromatic N) is 2. The number of rotatable bonds is 7. The Labute approximate surface area is 199 Å². The van der Waals surface area contributed by atoms with Crippen LogP contribution in [0.5, 0.6) is 5.75 Å². The van der Waals surface area contributed by atoms with Gasteiger partial charge in [0.25, 0.3) is 0 Å². The topological polar surface area (TPSA) is 109 Å². The van der Waals surface area contributed by atoms with E-state index < -0.39 is 27.6 Å². The maximum absolute atomic E-state index is 13.1. The first-order chi connectivity index (χ1) is 16.3. The molecule has 2 heterocycles. The number of hydrogen-bond acceptors (Lipinski definition) is 7. The summed E-state index contributed by atoms with van der Waals surface area (Å²) in [5.41, 5.74) is 4.50. The first-order valence-corrected chi connectivity index (χ1v) is 12.9. The molecule has 1 saturated heterocycles. The van der Waals surface area contributed by atoms with Gasteiger partial charge in [-0.25, -0.2) is 13.9 Å². The number of ether oxygens (including phenoxy) is 1. The van der Waals surface area contributed by atoms with Gasteiger partial charge < -0.3 is 9.64 Å². The standard InChI is InChI=1S/C25H29N3O5S/c1-17-13-18(22-5-3-4-6-24(22)26-17)15-33-20-7-9-21(10-8-20)34(31,32)16-19-14-28(2)12-11-23(19)25(29)27-30/h3-10,13,19,23,30H,11-12,14-16H2,1-2H3,(H,27,29)/t19-,23+/m1/s1. The second-order valence-corrected chi connectivity index (χ2v) is 10.9. The van der Waals surface area contributed by atoms with E-state index in [4.69, 9.17) is 9.94 Å². The van der Waals surface area contributed by atoms with Crippen LogP contribution in [0.15, 0.2) is 59.5 Å². The Balaban J connectivity index is 1.46. The molecule has 1 aliphatic heterocycles. The normalized spacial score (nSPS) is 19.1. The van der Waals surface area contributed by atoms with Gasteiger partial charge in [0.05, 0.1) is 16.2 Å². The summed E-state index contributed by atoms with van der Waals surface area (Å²) < 4.78 is 32.1. The highest BCUT2D eigenvalue weighted by Gasteiger charge is 2.36. The molecule has 9 heteroatoms. The van der Waals surface area contributed by atoms with Crippen LogP contribution in [-0.2, 0) is 21.2 Å². The number of aromatic nitrogens is 1. The smallest absolute Gasteiger partial charge is 0.246 e. The van der Waals surface area contributed by atoms with Gasteiger partial charge in [0, 0.05) is 29.1 Å². The maximum Gasteiger partial charge on any atom is 0.246 e. The van der Waals surface area contributed by atoms with Crippen LogP contribution in [0.25, 0.3) is 10.9 Å². The zero-order valence-corrected chi connectivity index (χ0v) is 20.1. The molecule has 3 aromatic rings. The van der Waals surface area contributed by atoms with Gasteiger partial charge in [-0.05, 0) is 69.3 Å². The van der Waals surface area contributed by atoms with Crippen molar-refractivity contribution in [2.24, 2.45) is 11.8 Å². The Hall–Kier alpha value is -3.01. The number of hydroxylamine groups is 1. The van der Waals surface area contributed by atoms with Gasteiger partial charge in [-0.15, -0.1) is 0 Å². The summed E-state index contributed by atoms with van der Waals surface area (Å²) in [5.74, 6) is -1.09. The van der Waals surface area contributed by atoms with Crippen molar-refractivity contribution in [1.82, 2.24) is 15.4 Å². The number of fused-ring (bicyclic) bond motifs is 1. The van der Waals surface area contributed by atoms with Crippen molar-refractivity contribution in [1.29, 1.82) is 0 Å². The number of para-hydroxylation sites is 1. The zero-order chi connectivity index (χ0) is 24.3. The Kier molecular flexibility index (Phi) is 7.16. The van der Waals surface area contributed by atoms with E-state index in [9.17, 15) is 13.2 Å². The van der Waals surface area contributed by atoms with E-state index in [1.165, 1.54) is 12.1 Å². The van der Waals surface area contributed by atoms with Gasteiger partial charge in [-0.2, -0.15) is 0 Å². The second-order valence-electron chi connectivity index (χ2n) is 8.87. The fourth-order valence-electron chi connectivity index (χ4n) is 4.61. The second kappa shape index (κ2) is 10.1. The third-order valence-electron chi connectivity index (χ3n) is 6.32. The molecule has 2 aromatic carbocycles. The zero-order valence-electron chi connectivity index (χ0n) is 19.3. The molecule has 0 spiro atoms. The van der Waals surface area contributed by atoms with Gasteiger partial charge in [0.2, 0.25) is 5.91 Å². The molecule has 0 bridgehead atoms. The monoisotopic (exact) mass is 483 g/mol. The Morgan fingerprint density at radius 1 is 1.21 bits per heavy atom. The summed E-state index contributed by atoms with van der Waals surface area (Å²) in [6.07, 6.45) is 0.499. The molecular formula is C25H29N3O5S. The van der Waals surface area contributed by atoms with E-state index in [-0.39, 0.29) is 10.6 Å². The molecule has 0 radical (unpaired) electrons. The summed E-state index contributed by atoms with van der Waals surface area (Å²) in [6, 6.07) is 16.2. The summed E-state index contributed by atoms with van der Waals surface area (Å²) in [5, 5.41) is 10.1. The number of carbonyl (C=O) groups excluding carboxylic acids is 1. The fraction of sp³-hybridized carbons (Fsp3) is 0.360. The molecule has 1 amide bonds. The van der Waals surface area contributed by atoms with Crippen molar-refractivity contribution in [3.8, 4) is 5.75 Å². The Morgan fingerprint density at radius 2 is 1.94 bits per heavy atom. The quantitative estimate of drug-likeness (QED) is 0.393. The van der Waals surface area contributed by atoms with Gasteiger partial charge >= 0.3 is 0 Å². The summed E-state index contributed by atoms with van der Waals surface area (Å²) in [7, 11) is -1.73. The third kappa shape index (κ3) is 5.38. The largest absolute Gasteiger partial charge is 0.489 e. The lowest BCUT2D eigenvalue weighted by Crippen LogP contribution is -2.46. The van der Waals surface area contributed by atoms with Crippen LogP contribution in [0.3, 0.4) is 0 Å². The van der Waals surface area contributed by atoms with Crippen molar-refractivity contribution in [3.05, 3.63) is 65.9 Å². The molecule has 0 aliphatic carbocycles. The molecule has 2 N–H and O–H groups in total. The highest BCUT2D eigenvalue weighted by molar-refractivity contribution is 7.91. The van der Waals surface area contributed by atoms with E-state index in [1.807, 2.05) is 49.2 Å². The van der Waals surface area contributed by atoms with Crippen molar-refractivity contribution in [3.63, 3.8) is 0 Å². The number of nitrogens with one attached hydrogen (secondary N) is 1. The van der Waals surface area contributed by atoms with E-state index >= 15 is 0 Å². The molecule has 2 atom stereocenters. The van der Waals surface area contributed by atoms with Crippen molar-refractivity contribution < 1.29 is 23.2 Å². The minimum absolute atomic E-state index is 0.169. The average molecular weight is 484 g/mol. The van der Waals surface area contributed by atoms with Gasteiger partial charge in [-0.1, -0.05) is 18.2 Å². The lowest BCUT2D eigenvalue weighted by Gasteiger charge is -2.35. The number of amides is 1. The lowest BCUT2D eigenvalue weighted by atomic mass is 9.86. The Morgan fingerprint density at radius 3 is 2.68 bits per heavy atom. The minimum Gasteiger partial charge on any atom is -0.489 e. The van der Waals surface area contributed by atoms with E-state index in [0.29, 0.717) is 31.9 Å². The molecule has 0 saturated carbocycles. The van der Waals surface area contributed by atoms with Crippen LogP contribution < -0.4 is 10.2 Å². The minimum atomic E-state index is -3.63. The van der Waals surface area contributed by atoms with Crippen LogP contribution in [0.1, 0.15) is 17.7 Å². The van der Waals surface area contributed by atoms with Crippen LogP contribution >= 0.6 is 0 Å². The van der Waals surface area contributed by atoms with Gasteiger partial charge in [0.15, 0.2) is 9.84 Å². The first-order valence-electron chi connectivity index (χ1n) is 11.2. The number of pyridine rings is 1. The van der Waals surface area contributed by atoms with Crippen molar-refractivity contribution in [2.75, 3.05) is 25.9 Å². The molecule has 34 heavy (non-hydrogen) atoms. The molecule has 0 unspecified atom stereocenters. The molecule has 8 nitrogen and oxygen atoms in total. The van der Waals surface area contributed by atoms with E-state index in [1.54, 1.807) is 17.6 Å². The molecular weight excluding hydrogens is 454 g/mol. The predicted octanol–water partition coefficient (Wildman–Crippen LogP) is 2.97. The van der Waals surface area contributed by atoms with Crippen LogP contribution in [-0.4, -0.2) is 55.3 Å². The number of aryl methyl sites for hydroxylation is 1. The highest BCUT2D eigenvalue weighted by Crippen LogP contribution is 2.28. The number of likely N-dealkylation sites (tertiary alicyclic amines) is 1. The number of carbonyl (C=O) groups is 1. The molecule has 4 rings (SSSR count). The molecule has 1 aromatic heterocycles. The molecule has 180 valence electrons. The molecule has 1 aliphatic rings. The van der Waals surface area contributed by atoms with Crippen LogP contribution in [0, 0.1) is 18.8 Å². The summed E-state index contributed by atoms with van der Waals surface area (Å²) in [4.78, 5) is 18.8. The van der Waals surface area contributed by atoms with Crippen molar-refractivity contribution in [2.45, 2.75) is 24.8 Å². The van der Waals surface area contributed by atoms with Gasteiger partial charge in [-0.3, -0.25) is 15.0 Å². The van der Waals surface area contributed by atoms with E-state index in [2.05, 4.69) is 4.98 Å². The highest BCUT2D eigenvalue weighted by atomic mass is 32.2. The maximum atomic E-state index is 13.1. The van der Waals surface area contributed by atoms with Crippen LogP contribution in [0.2, 0.25) is 0 Å². The third-order valence-corrected chi connectivity index (χ3v) is 8.18. The lowest BCUT2D eigenvalue weighted by molar-refractivity contribution is -0.136. The fourth-order valence-corrected chi connectivity index (χ4v) is 6.25.